The highest BCUT2D eigenvalue weighted by atomic mass is 35.5. The Balaban J connectivity index is 1.30. The van der Waals surface area contributed by atoms with Crippen molar-refractivity contribution in [3.63, 3.8) is 0 Å². The summed E-state index contributed by atoms with van der Waals surface area (Å²) in [6, 6.07) is 8.50. The lowest BCUT2D eigenvalue weighted by Crippen LogP contribution is -2.53. The van der Waals surface area contributed by atoms with Crippen molar-refractivity contribution in [2.45, 2.75) is 75.0 Å². The van der Waals surface area contributed by atoms with Crippen LogP contribution in [0, 0.1) is 0 Å². The van der Waals surface area contributed by atoms with Crippen molar-refractivity contribution >= 4 is 29.0 Å². The Morgan fingerprint density at radius 3 is 2.51 bits per heavy atom. The molecule has 1 aromatic carbocycles. The maximum Gasteiger partial charge on any atom is 0.433 e. The summed E-state index contributed by atoms with van der Waals surface area (Å²) in [5.74, 6) is 0.708. The Hall–Kier alpha value is -2.61. The predicted octanol–water partition coefficient (Wildman–Crippen LogP) is 5.81. The summed E-state index contributed by atoms with van der Waals surface area (Å²) in [4.78, 5) is 24.3. The van der Waals surface area contributed by atoms with Crippen molar-refractivity contribution in [1.29, 1.82) is 0 Å². The van der Waals surface area contributed by atoms with Crippen molar-refractivity contribution in [2.75, 3.05) is 11.4 Å². The number of carbonyl (C=O) groups excluding carboxylic acids is 1. The first-order valence-corrected chi connectivity index (χ1v) is 12.6. The highest BCUT2D eigenvalue weighted by Crippen LogP contribution is 2.47. The van der Waals surface area contributed by atoms with Crippen LogP contribution in [0.3, 0.4) is 0 Å². The lowest BCUT2D eigenvalue weighted by molar-refractivity contribution is -0.141. The van der Waals surface area contributed by atoms with Crippen LogP contribution >= 0.6 is 11.6 Å². The van der Waals surface area contributed by atoms with E-state index in [1.54, 1.807) is 0 Å². The van der Waals surface area contributed by atoms with Crippen LogP contribution in [0.1, 0.15) is 79.8 Å². The van der Waals surface area contributed by atoms with Crippen LogP contribution in [0.15, 0.2) is 35.3 Å². The molecule has 0 radical (unpaired) electrons. The van der Waals surface area contributed by atoms with Gasteiger partial charge in [0, 0.05) is 41.2 Å². The average Bonchev–Trinajstić information content (AvgIpc) is 3.72. The Morgan fingerprint density at radius 2 is 1.86 bits per heavy atom. The standard InChI is InChI=1S/C26H26ClF3N4O/c1-14-13-25(10-11-34(14)20-12-17(27)6-7-18(20)15-2-3-15)24(35)32-23(33-25)19-8-9-21(26(28,29)30)31-22(19)16-4-5-16/h6-9,12,14-16H,2-5,10-11,13H2,1H3,(H,32,33,35)/t14-,25+/m0/s1. The Morgan fingerprint density at radius 1 is 1.11 bits per heavy atom. The SMILES string of the molecule is C[C@H]1C[C@@]2(CCN1c1cc(Cl)ccc1C1CC1)N=C(c1ccc(C(F)(F)F)nc1C1CC1)NC2=O. The maximum atomic E-state index is 13.3. The molecular weight excluding hydrogens is 477 g/mol. The molecule has 6 rings (SSSR count). The molecule has 35 heavy (non-hydrogen) atoms. The molecule has 0 bridgehead atoms. The molecule has 4 aliphatic rings. The number of anilines is 1. The Bertz CT molecular complexity index is 1240. The summed E-state index contributed by atoms with van der Waals surface area (Å²) >= 11 is 6.34. The monoisotopic (exact) mass is 502 g/mol. The second kappa shape index (κ2) is 7.95. The topological polar surface area (TPSA) is 57.6 Å². The second-order valence-electron chi connectivity index (χ2n) is 10.3. The number of rotatable bonds is 4. The van der Waals surface area contributed by atoms with Gasteiger partial charge in [-0.05, 0) is 74.8 Å². The summed E-state index contributed by atoms with van der Waals surface area (Å²) in [6.07, 6.45) is 0.488. The van der Waals surface area contributed by atoms with Crippen LogP contribution in [-0.2, 0) is 11.0 Å². The minimum absolute atomic E-state index is 0.0205. The van der Waals surface area contributed by atoms with Crippen molar-refractivity contribution < 1.29 is 18.0 Å². The molecule has 2 aliphatic carbocycles. The number of alkyl halides is 3. The third-order valence-corrected chi connectivity index (χ3v) is 7.90. The van der Waals surface area contributed by atoms with Crippen LogP contribution in [0.25, 0.3) is 0 Å². The van der Waals surface area contributed by atoms with Crippen LogP contribution in [0.5, 0.6) is 0 Å². The third-order valence-electron chi connectivity index (χ3n) is 7.67. The predicted molar refractivity (Wildman–Crippen MR) is 128 cm³/mol. The zero-order chi connectivity index (χ0) is 24.5. The molecule has 2 saturated carbocycles. The number of amides is 1. The number of nitrogens with one attached hydrogen (secondary N) is 1. The molecule has 3 fully saturated rings. The third kappa shape index (κ3) is 4.09. The van der Waals surface area contributed by atoms with E-state index < -0.39 is 17.4 Å². The first-order chi connectivity index (χ1) is 16.6. The van der Waals surface area contributed by atoms with Gasteiger partial charge in [0.05, 0.1) is 5.69 Å². The van der Waals surface area contributed by atoms with Crippen LogP contribution in [0.2, 0.25) is 5.02 Å². The number of piperidine rings is 1. The number of amidine groups is 1. The van der Waals surface area contributed by atoms with Crippen molar-refractivity contribution in [3.8, 4) is 0 Å². The van der Waals surface area contributed by atoms with Gasteiger partial charge in [-0.1, -0.05) is 17.7 Å². The van der Waals surface area contributed by atoms with E-state index in [4.69, 9.17) is 16.6 Å². The molecule has 2 atom stereocenters. The van der Waals surface area contributed by atoms with Crippen LogP contribution in [0.4, 0.5) is 18.9 Å². The minimum Gasteiger partial charge on any atom is -0.368 e. The smallest absolute Gasteiger partial charge is 0.368 e. The molecule has 9 heteroatoms. The lowest BCUT2D eigenvalue weighted by Gasteiger charge is -2.42. The van der Waals surface area contributed by atoms with E-state index in [1.807, 2.05) is 12.1 Å². The van der Waals surface area contributed by atoms with Gasteiger partial charge in [-0.3, -0.25) is 9.79 Å². The highest BCUT2D eigenvalue weighted by Gasteiger charge is 2.49. The van der Waals surface area contributed by atoms with E-state index in [2.05, 4.69) is 28.2 Å². The molecule has 2 aromatic rings. The number of aliphatic imine (C=N–C) groups is 1. The molecule has 1 aromatic heterocycles. The van der Waals surface area contributed by atoms with E-state index in [0.717, 1.165) is 24.6 Å². The van der Waals surface area contributed by atoms with Gasteiger partial charge >= 0.3 is 6.18 Å². The fourth-order valence-electron chi connectivity index (χ4n) is 5.54. The second-order valence-corrected chi connectivity index (χ2v) is 10.8. The van der Waals surface area contributed by atoms with Crippen LogP contribution < -0.4 is 10.2 Å². The number of aromatic nitrogens is 1. The number of hydrogen-bond acceptors (Lipinski definition) is 4. The fraction of sp³-hybridized carbons (Fsp3) is 0.500. The van der Waals surface area contributed by atoms with E-state index in [9.17, 15) is 18.0 Å². The van der Waals surface area contributed by atoms with E-state index in [1.165, 1.54) is 24.5 Å². The fourth-order valence-corrected chi connectivity index (χ4v) is 5.71. The number of pyridine rings is 1. The zero-order valence-corrected chi connectivity index (χ0v) is 20.1. The van der Waals surface area contributed by atoms with Crippen LogP contribution in [-0.4, -0.2) is 34.9 Å². The summed E-state index contributed by atoms with van der Waals surface area (Å²) in [5.41, 5.74) is 1.50. The Kier molecular flexibility index (Phi) is 5.18. The zero-order valence-electron chi connectivity index (χ0n) is 19.3. The largest absolute Gasteiger partial charge is 0.433 e. The molecular formula is C26H26ClF3N4O. The quantitative estimate of drug-likeness (QED) is 0.573. The molecule has 3 heterocycles. The van der Waals surface area contributed by atoms with Crippen molar-refractivity contribution in [2.24, 2.45) is 4.99 Å². The summed E-state index contributed by atoms with van der Waals surface area (Å²) in [5, 5.41) is 3.58. The molecule has 1 N–H and O–H groups in total. The molecule has 0 unspecified atom stereocenters. The molecule has 2 aliphatic heterocycles. The van der Waals surface area contributed by atoms with E-state index >= 15 is 0 Å². The molecule has 1 saturated heterocycles. The number of benzene rings is 1. The first kappa shape index (κ1) is 22.8. The van der Waals surface area contributed by atoms with Gasteiger partial charge in [-0.2, -0.15) is 13.2 Å². The van der Waals surface area contributed by atoms with Crippen molar-refractivity contribution in [1.82, 2.24) is 10.3 Å². The Labute approximate surface area is 206 Å². The number of nitrogens with zero attached hydrogens (tertiary/aromatic N) is 3. The van der Waals surface area contributed by atoms with Gasteiger partial charge in [0.1, 0.15) is 17.1 Å². The summed E-state index contributed by atoms with van der Waals surface area (Å²) < 4.78 is 39.8. The average molecular weight is 503 g/mol. The van der Waals surface area contributed by atoms with E-state index in [-0.39, 0.29) is 17.9 Å². The number of carbonyl (C=O) groups is 1. The first-order valence-electron chi connectivity index (χ1n) is 12.2. The maximum absolute atomic E-state index is 13.3. The molecule has 5 nitrogen and oxygen atoms in total. The van der Waals surface area contributed by atoms with Gasteiger partial charge in [-0.25, -0.2) is 4.98 Å². The molecule has 184 valence electrons. The molecule has 1 spiro atoms. The van der Waals surface area contributed by atoms with Gasteiger partial charge in [0.15, 0.2) is 0 Å². The highest BCUT2D eigenvalue weighted by molar-refractivity contribution is 6.30. The number of hydrogen-bond donors (Lipinski definition) is 1. The summed E-state index contributed by atoms with van der Waals surface area (Å²) in [6.45, 7) is 2.74. The van der Waals surface area contributed by atoms with Gasteiger partial charge in [0.25, 0.3) is 5.91 Å². The van der Waals surface area contributed by atoms with Gasteiger partial charge in [0.2, 0.25) is 0 Å². The summed E-state index contributed by atoms with van der Waals surface area (Å²) in [7, 11) is 0. The minimum atomic E-state index is -4.51. The lowest BCUT2D eigenvalue weighted by atomic mass is 9.83. The van der Waals surface area contributed by atoms with Crippen molar-refractivity contribution in [3.05, 3.63) is 57.9 Å². The molecule has 1 amide bonds. The normalized spacial score (nSPS) is 26.8. The van der Waals surface area contributed by atoms with Gasteiger partial charge < -0.3 is 10.2 Å². The van der Waals surface area contributed by atoms with Gasteiger partial charge in [-0.15, -0.1) is 0 Å². The number of halogens is 4. The van der Waals surface area contributed by atoms with E-state index in [0.29, 0.717) is 47.4 Å².